The summed E-state index contributed by atoms with van der Waals surface area (Å²) in [7, 11) is 0. The summed E-state index contributed by atoms with van der Waals surface area (Å²) in [4.78, 5) is 0. The number of hydrogen-bond acceptors (Lipinski definition) is 0. The van der Waals surface area contributed by atoms with Crippen molar-refractivity contribution in [2.24, 2.45) is 5.41 Å². The molecule has 0 heterocycles. The Morgan fingerprint density at radius 1 is 1.21 bits per heavy atom. The SMILES string of the molecule is CC.CC12C=Cc3ccccc3C1C2. The normalized spacial score (nSPS) is 30.9. The van der Waals surface area contributed by atoms with Crippen molar-refractivity contribution in [3.63, 3.8) is 0 Å². The van der Waals surface area contributed by atoms with Gasteiger partial charge in [0.05, 0.1) is 0 Å². The fourth-order valence-corrected chi connectivity index (χ4v) is 2.29. The molecule has 2 atom stereocenters. The van der Waals surface area contributed by atoms with Crippen LogP contribution in [0.15, 0.2) is 30.3 Å². The lowest BCUT2D eigenvalue weighted by Gasteiger charge is -2.13. The van der Waals surface area contributed by atoms with Gasteiger partial charge in [-0.1, -0.05) is 57.2 Å². The van der Waals surface area contributed by atoms with Gasteiger partial charge in [0.2, 0.25) is 0 Å². The van der Waals surface area contributed by atoms with Gasteiger partial charge in [-0.2, -0.15) is 0 Å². The van der Waals surface area contributed by atoms with Crippen molar-refractivity contribution in [3.8, 4) is 0 Å². The van der Waals surface area contributed by atoms with Gasteiger partial charge >= 0.3 is 0 Å². The van der Waals surface area contributed by atoms with E-state index in [1.807, 2.05) is 13.8 Å². The van der Waals surface area contributed by atoms with E-state index < -0.39 is 0 Å². The monoisotopic (exact) mass is 186 g/mol. The first kappa shape index (κ1) is 9.51. The lowest BCUT2D eigenvalue weighted by Crippen LogP contribution is -1.99. The molecule has 0 bridgehead atoms. The van der Waals surface area contributed by atoms with E-state index in [2.05, 4.69) is 43.3 Å². The van der Waals surface area contributed by atoms with Crippen LogP contribution in [0.1, 0.15) is 44.2 Å². The van der Waals surface area contributed by atoms with Gasteiger partial charge in [-0.15, -0.1) is 0 Å². The van der Waals surface area contributed by atoms with Crippen molar-refractivity contribution >= 4 is 6.08 Å². The van der Waals surface area contributed by atoms with Crippen LogP contribution in [-0.2, 0) is 0 Å². The Balaban J connectivity index is 0.000000354. The molecule has 2 aliphatic carbocycles. The molecule has 2 unspecified atom stereocenters. The number of hydrogen-bond donors (Lipinski definition) is 0. The van der Waals surface area contributed by atoms with E-state index in [1.54, 1.807) is 5.56 Å². The maximum absolute atomic E-state index is 2.38. The molecule has 1 saturated carbocycles. The summed E-state index contributed by atoms with van der Waals surface area (Å²) in [6.45, 7) is 6.35. The molecular formula is C14H18. The number of allylic oxidation sites excluding steroid dienone is 1. The zero-order valence-corrected chi connectivity index (χ0v) is 9.25. The quantitative estimate of drug-likeness (QED) is 0.568. The highest BCUT2D eigenvalue weighted by molar-refractivity contribution is 5.62. The minimum Gasteiger partial charge on any atom is -0.0773 e. The lowest BCUT2D eigenvalue weighted by atomic mass is 9.91. The topological polar surface area (TPSA) is 0 Å². The van der Waals surface area contributed by atoms with Crippen molar-refractivity contribution in [1.82, 2.24) is 0 Å². The maximum atomic E-state index is 2.38. The van der Waals surface area contributed by atoms with Crippen LogP contribution < -0.4 is 0 Å². The molecule has 1 aromatic carbocycles. The standard InChI is InChI=1S/C12H12.C2H6/c1-12-7-6-9-4-2-3-5-10(9)11(12)8-12;1-2/h2-7,11H,8H2,1H3;1-2H3. The molecular weight excluding hydrogens is 168 g/mol. The van der Waals surface area contributed by atoms with Crippen molar-refractivity contribution in [2.75, 3.05) is 0 Å². The van der Waals surface area contributed by atoms with Crippen LogP contribution >= 0.6 is 0 Å². The third-order valence-electron chi connectivity index (χ3n) is 3.29. The Hall–Kier alpha value is -1.04. The Bertz CT molecular complexity index is 362. The second-order valence-electron chi connectivity index (χ2n) is 4.22. The van der Waals surface area contributed by atoms with Gasteiger partial charge in [0.25, 0.3) is 0 Å². The smallest absolute Gasteiger partial charge is 0.00587 e. The van der Waals surface area contributed by atoms with E-state index in [1.165, 1.54) is 12.0 Å². The van der Waals surface area contributed by atoms with E-state index in [0.717, 1.165) is 5.92 Å². The van der Waals surface area contributed by atoms with Gasteiger partial charge in [0.15, 0.2) is 0 Å². The van der Waals surface area contributed by atoms with Gasteiger partial charge < -0.3 is 0 Å². The molecule has 1 aromatic rings. The summed E-state index contributed by atoms with van der Waals surface area (Å²) in [5.74, 6) is 0.818. The number of benzene rings is 1. The first-order valence-corrected chi connectivity index (χ1v) is 5.58. The number of fused-ring (bicyclic) bond motifs is 3. The molecule has 0 amide bonds. The average molecular weight is 186 g/mol. The zero-order chi connectivity index (χ0) is 10.2. The molecule has 0 aromatic heterocycles. The summed E-state index contributed by atoms with van der Waals surface area (Å²) >= 11 is 0. The van der Waals surface area contributed by atoms with E-state index >= 15 is 0 Å². The summed E-state index contributed by atoms with van der Waals surface area (Å²) in [5, 5.41) is 0. The van der Waals surface area contributed by atoms with Crippen LogP contribution in [0.3, 0.4) is 0 Å². The lowest BCUT2D eigenvalue weighted by molar-refractivity contribution is 0.706. The fraction of sp³-hybridized carbons (Fsp3) is 0.429. The van der Waals surface area contributed by atoms with E-state index in [9.17, 15) is 0 Å². The number of rotatable bonds is 0. The third kappa shape index (κ3) is 1.30. The molecule has 1 fully saturated rings. The second-order valence-corrected chi connectivity index (χ2v) is 4.22. The second kappa shape index (κ2) is 3.27. The van der Waals surface area contributed by atoms with Gasteiger partial charge in [0, 0.05) is 0 Å². The van der Waals surface area contributed by atoms with Crippen molar-refractivity contribution < 1.29 is 0 Å². The van der Waals surface area contributed by atoms with Gasteiger partial charge in [-0.25, -0.2) is 0 Å². The minimum absolute atomic E-state index is 0.508. The molecule has 0 spiro atoms. The highest BCUT2D eigenvalue weighted by atomic mass is 14.5. The Kier molecular flexibility index (Phi) is 2.22. The molecule has 2 aliphatic rings. The van der Waals surface area contributed by atoms with Crippen molar-refractivity contribution in [1.29, 1.82) is 0 Å². The third-order valence-corrected chi connectivity index (χ3v) is 3.29. The molecule has 14 heavy (non-hydrogen) atoms. The molecule has 74 valence electrons. The summed E-state index contributed by atoms with van der Waals surface area (Å²) in [6.07, 6.45) is 6.00. The highest BCUT2D eigenvalue weighted by Crippen LogP contribution is 2.62. The molecule has 0 aliphatic heterocycles. The maximum Gasteiger partial charge on any atom is -0.00587 e. The Labute approximate surface area is 86.7 Å². The Morgan fingerprint density at radius 3 is 2.71 bits per heavy atom. The predicted molar refractivity (Wildman–Crippen MR) is 62.3 cm³/mol. The Morgan fingerprint density at radius 2 is 1.93 bits per heavy atom. The average Bonchev–Trinajstić information content (AvgIpc) is 2.94. The summed E-state index contributed by atoms with van der Waals surface area (Å²) in [6, 6.07) is 8.75. The van der Waals surface area contributed by atoms with Crippen LogP contribution in [0.5, 0.6) is 0 Å². The predicted octanol–water partition coefficient (Wildman–Crippen LogP) is 4.23. The molecule has 0 saturated heterocycles. The highest BCUT2D eigenvalue weighted by Gasteiger charge is 2.50. The van der Waals surface area contributed by atoms with Crippen LogP contribution in [0.4, 0.5) is 0 Å². The molecule has 0 nitrogen and oxygen atoms in total. The van der Waals surface area contributed by atoms with Crippen LogP contribution in [0.2, 0.25) is 0 Å². The largest absolute Gasteiger partial charge is 0.0773 e. The van der Waals surface area contributed by atoms with Crippen LogP contribution in [0.25, 0.3) is 6.08 Å². The fourth-order valence-electron chi connectivity index (χ4n) is 2.29. The molecule has 0 radical (unpaired) electrons. The molecule has 0 N–H and O–H groups in total. The molecule has 0 heteroatoms. The first-order valence-electron chi connectivity index (χ1n) is 5.58. The van der Waals surface area contributed by atoms with Crippen molar-refractivity contribution in [3.05, 3.63) is 41.5 Å². The van der Waals surface area contributed by atoms with E-state index in [0.29, 0.717) is 5.41 Å². The van der Waals surface area contributed by atoms with Crippen molar-refractivity contribution in [2.45, 2.75) is 33.1 Å². The summed E-state index contributed by atoms with van der Waals surface area (Å²) < 4.78 is 0. The first-order chi connectivity index (χ1) is 6.80. The van der Waals surface area contributed by atoms with Crippen LogP contribution in [-0.4, -0.2) is 0 Å². The van der Waals surface area contributed by atoms with Gasteiger partial charge in [-0.05, 0) is 28.9 Å². The zero-order valence-electron chi connectivity index (χ0n) is 9.25. The van der Waals surface area contributed by atoms with Gasteiger partial charge in [-0.3, -0.25) is 0 Å². The minimum atomic E-state index is 0.508. The molecule has 3 rings (SSSR count). The summed E-state index contributed by atoms with van der Waals surface area (Å²) in [5.41, 5.74) is 3.49. The van der Waals surface area contributed by atoms with Gasteiger partial charge in [0.1, 0.15) is 0 Å². The van der Waals surface area contributed by atoms with Crippen LogP contribution in [0, 0.1) is 5.41 Å². The van der Waals surface area contributed by atoms with E-state index in [-0.39, 0.29) is 0 Å². The van der Waals surface area contributed by atoms with E-state index in [4.69, 9.17) is 0 Å².